The summed E-state index contributed by atoms with van der Waals surface area (Å²) in [6.07, 6.45) is 0.692. The second-order valence-corrected chi connectivity index (χ2v) is 4.67. The largest absolute Gasteiger partial charge is 0.469 e. The average Bonchev–Trinajstić information content (AvgIpc) is 2.40. The summed E-state index contributed by atoms with van der Waals surface area (Å²) in [5.74, 6) is -2.40. The normalized spacial score (nSPS) is 10.2. The van der Waals surface area contributed by atoms with Crippen molar-refractivity contribution in [2.45, 2.75) is 12.8 Å². The topological polar surface area (TPSA) is 55.6 Å². The number of hydrogen-bond donors (Lipinski definition) is 1. The van der Waals surface area contributed by atoms with Gasteiger partial charge in [0, 0.05) is 25.6 Å². The number of ether oxygens (including phenoxy) is 1. The first-order valence-electron chi connectivity index (χ1n) is 5.94. The standard InChI is InChI=1S/C13H16F2N2O2S/c1-17(7-3-4-10(18)19-2)9-6-5-8(13(16)20)11(14)12(9)15/h5-6H,3-4,7H2,1-2H3,(H2,16,20). The predicted molar refractivity (Wildman–Crippen MR) is 76.8 cm³/mol. The molecule has 0 aliphatic carbocycles. The molecular formula is C13H16F2N2O2S. The highest BCUT2D eigenvalue weighted by atomic mass is 32.1. The monoisotopic (exact) mass is 302 g/mol. The summed E-state index contributed by atoms with van der Waals surface area (Å²) in [5, 5.41) is 0. The molecule has 4 nitrogen and oxygen atoms in total. The Bertz CT molecular complexity index is 523. The van der Waals surface area contributed by atoms with Crippen LogP contribution in [-0.2, 0) is 9.53 Å². The van der Waals surface area contributed by atoms with E-state index in [4.69, 9.17) is 5.73 Å². The Morgan fingerprint density at radius 2 is 2.05 bits per heavy atom. The number of nitrogens with zero attached hydrogens (tertiary/aromatic N) is 1. The van der Waals surface area contributed by atoms with Crippen LogP contribution in [0.3, 0.4) is 0 Å². The van der Waals surface area contributed by atoms with Crippen LogP contribution in [0.15, 0.2) is 12.1 Å². The fourth-order valence-corrected chi connectivity index (χ4v) is 1.87. The van der Waals surface area contributed by atoms with E-state index >= 15 is 0 Å². The lowest BCUT2D eigenvalue weighted by Crippen LogP contribution is -2.22. The van der Waals surface area contributed by atoms with E-state index in [1.54, 1.807) is 7.05 Å². The van der Waals surface area contributed by atoms with Crippen LogP contribution in [0.4, 0.5) is 14.5 Å². The molecule has 0 saturated heterocycles. The summed E-state index contributed by atoms with van der Waals surface area (Å²) in [6, 6.07) is 2.75. The maximum absolute atomic E-state index is 13.9. The molecule has 0 atom stereocenters. The van der Waals surface area contributed by atoms with E-state index < -0.39 is 11.6 Å². The van der Waals surface area contributed by atoms with Gasteiger partial charge in [-0.2, -0.15) is 0 Å². The van der Waals surface area contributed by atoms with E-state index in [2.05, 4.69) is 17.0 Å². The molecule has 0 spiro atoms. The molecule has 0 aromatic heterocycles. The zero-order valence-electron chi connectivity index (χ0n) is 11.3. The molecule has 0 aliphatic heterocycles. The predicted octanol–water partition coefficient (Wildman–Crippen LogP) is 1.99. The van der Waals surface area contributed by atoms with Crippen molar-refractivity contribution < 1.29 is 18.3 Å². The molecule has 7 heteroatoms. The van der Waals surface area contributed by atoms with Gasteiger partial charge in [-0.3, -0.25) is 4.79 Å². The number of thiocarbonyl (C=S) groups is 1. The third-order valence-corrected chi connectivity index (χ3v) is 3.06. The van der Waals surface area contributed by atoms with Crippen LogP contribution in [-0.4, -0.2) is 31.7 Å². The third kappa shape index (κ3) is 3.86. The molecule has 1 aromatic rings. The molecule has 2 N–H and O–H groups in total. The minimum Gasteiger partial charge on any atom is -0.469 e. The van der Waals surface area contributed by atoms with Crippen LogP contribution in [0.1, 0.15) is 18.4 Å². The first-order chi connectivity index (χ1) is 9.38. The van der Waals surface area contributed by atoms with Crippen LogP contribution in [0.25, 0.3) is 0 Å². The first-order valence-corrected chi connectivity index (χ1v) is 6.35. The molecule has 1 rings (SSSR count). The maximum Gasteiger partial charge on any atom is 0.305 e. The van der Waals surface area contributed by atoms with Gasteiger partial charge in [0.25, 0.3) is 0 Å². The number of anilines is 1. The first kappa shape index (κ1) is 16.3. The van der Waals surface area contributed by atoms with Crippen molar-refractivity contribution in [1.29, 1.82) is 0 Å². The minimum absolute atomic E-state index is 0.0902. The number of carbonyl (C=O) groups is 1. The fourth-order valence-electron chi connectivity index (χ4n) is 1.71. The second-order valence-electron chi connectivity index (χ2n) is 4.23. The van der Waals surface area contributed by atoms with Crippen LogP contribution in [0.5, 0.6) is 0 Å². The van der Waals surface area contributed by atoms with E-state index in [9.17, 15) is 13.6 Å². The molecule has 0 radical (unpaired) electrons. The maximum atomic E-state index is 13.9. The Kier molecular flexibility index (Phi) is 5.82. The van der Waals surface area contributed by atoms with Gasteiger partial charge in [0.05, 0.1) is 12.8 Å². The second kappa shape index (κ2) is 7.14. The molecule has 0 saturated carbocycles. The Hall–Kier alpha value is -1.76. The van der Waals surface area contributed by atoms with Crippen molar-refractivity contribution in [3.63, 3.8) is 0 Å². The number of rotatable bonds is 6. The van der Waals surface area contributed by atoms with Crippen molar-refractivity contribution >= 4 is 28.9 Å². The van der Waals surface area contributed by atoms with Gasteiger partial charge in [0.1, 0.15) is 4.99 Å². The van der Waals surface area contributed by atoms with E-state index in [1.165, 1.54) is 24.1 Å². The molecule has 1 aromatic carbocycles. The van der Waals surface area contributed by atoms with E-state index in [0.717, 1.165) is 0 Å². The summed E-state index contributed by atoms with van der Waals surface area (Å²) >= 11 is 4.64. The molecule has 110 valence electrons. The zero-order chi connectivity index (χ0) is 15.3. The quantitative estimate of drug-likeness (QED) is 0.643. The van der Waals surface area contributed by atoms with Gasteiger partial charge in [-0.15, -0.1) is 0 Å². The molecule has 0 fully saturated rings. The van der Waals surface area contributed by atoms with Crippen molar-refractivity contribution in [1.82, 2.24) is 0 Å². The fraction of sp³-hybridized carbons (Fsp3) is 0.385. The number of nitrogens with two attached hydrogens (primary N) is 1. The van der Waals surface area contributed by atoms with Gasteiger partial charge in [-0.1, -0.05) is 12.2 Å². The highest BCUT2D eigenvalue weighted by molar-refractivity contribution is 7.80. The molecule has 0 unspecified atom stereocenters. The minimum atomic E-state index is -1.06. The van der Waals surface area contributed by atoms with Gasteiger partial charge < -0.3 is 15.4 Å². The summed E-state index contributed by atoms with van der Waals surface area (Å²) in [5.41, 5.74) is 5.27. The van der Waals surface area contributed by atoms with Crippen LogP contribution >= 0.6 is 12.2 Å². The number of methoxy groups -OCH3 is 1. The smallest absolute Gasteiger partial charge is 0.305 e. The average molecular weight is 302 g/mol. The van der Waals surface area contributed by atoms with Crippen LogP contribution in [0.2, 0.25) is 0 Å². The number of esters is 1. The Balaban J connectivity index is 2.79. The number of hydrogen-bond acceptors (Lipinski definition) is 4. The van der Waals surface area contributed by atoms with Crippen molar-refractivity contribution in [3.05, 3.63) is 29.3 Å². The Labute approximate surface area is 121 Å². The van der Waals surface area contributed by atoms with Gasteiger partial charge in [-0.25, -0.2) is 8.78 Å². The van der Waals surface area contributed by atoms with Gasteiger partial charge in [0.2, 0.25) is 0 Å². The van der Waals surface area contributed by atoms with E-state index in [0.29, 0.717) is 13.0 Å². The van der Waals surface area contributed by atoms with Crippen molar-refractivity contribution in [2.75, 3.05) is 25.6 Å². The Morgan fingerprint density at radius 3 is 2.60 bits per heavy atom. The highest BCUT2D eigenvalue weighted by Crippen LogP contribution is 2.23. The van der Waals surface area contributed by atoms with Crippen molar-refractivity contribution in [2.24, 2.45) is 5.73 Å². The number of carbonyl (C=O) groups excluding carboxylic acids is 1. The van der Waals surface area contributed by atoms with Gasteiger partial charge in [0.15, 0.2) is 11.6 Å². The SMILES string of the molecule is COC(=O)CCCN(C)c1ccc(C(N)=S)c(F)c1F. The number of benzene rings is 1. The molecular weight excluding hydrogens is 286 g/mol. The zero-order valence-corrected chi connectivity index (χ0v) is 12.1. The summed E-state index contributed by atoms with van der Waals surface area (Å²) in [7, 11) is 2.91. The lowest BCUT2D eigenvalue weighted by Gasteiger charge is -2.20. The third-order valence-electron chi connectivity index (χ3n) is 2.84. The van der Waals surface area contributed by atoms with Gasteiger partial charge >= 0.3 is 5.97 Å². The summed E-state index contributed by atoms with van der Waals surface area (Å²) in [6.45, 7) is 0.387. The van der Waals surface area contributed by atoms with E-state index in [-0.39, 0.29) is 28.6 Å². The molecule has 0 aliphatic rings. The van der Waals surface area contributed by atoms with Gasteiger partial charge in [-0.05, 0) is 18.6 Å². The molecule has 0 heterocycles. The lowest BCUT2D eigenvalue weighted by molar-refractivity contribution is -0.140. The molecule has 0 bridgehead atoms. The lowest BCUT2D eigenvalue weighted by atomic mass is 10.1. The Morgan fingerprint density at radius 1 is 1.40 bits per heavy atom. The molecule has 20 heavy (non-hydrogen) atoms. The highest BCUT2D eigenvalue weighted by Gasteiger charge is 2.17. The summed E-state index contributed by atoms with van der Waals surface area (Å²) in [4.78, 5) is 12.3. The number of halogens is 2. The van der Waals surface area contributed by atoms with E-state index in [1.807, 2.05) is 0 Å². The van der Waals surface area contributed by atoms with Crippen LogP contribution in [0, 0.1) is 11.6 Å². The van der Waals surface area contributed by atoms with Crippen LogP contribution < -0.4 is 10.6 Å². The molecule has 0 amide bonds. The van der Waals surface area contributed by atoms with Crippen molar-refractivity contribution in [3.8, 4) is 0 Å². The summed E-state index contributed by atoms with van der Waals surface area (Å²) < 4.78 is 32.1.